The van der Waals surface area contributed by atoms with E-state index in [4.69, 9.17) is 17.1 Å². The molecule has 0 spiro atoms. The van der Waals surface area contributed by atoms with Gasteiger partial charge in [0.15, 0.2) is 0 Å². The van der Waals surface area contributed by atoms with Gasteiger partial charge < -0.3 is 0 Å². The third-order valence-corrected chi connectivity index (χ3v) is 2.19. The second-order valence-corrected chi connectivity index (χ2v) is 3.06. The Balaban J connectivity index is 3.04. The second kappa shape index (κ2) is 4.75. The third-order valence-electron chi connectivity index (χ3n) is 1.84. The zero-order valence-corrected chi connectivity index (χ0v) is 8.07. The number of nitrogens with zero attached hydrogens (tertiary/aromatic N) is 3. The Labute approximate surface area is 82.0 Å². The van der Waals surface area contributed by atoms with Gasteiger partial charge in [0.1, 0.15) is 0 Å². The molecule has 0 heterocycles. The molecule has 0 amide bonds. The van der Waals surface area contributed by atoms with Crippen LogP contribution in [0.3, 0.4) is 0 Å². The molecular formula is C9H10ClN3. The van der Waals surface area contributed by atoms with Crippen LogP contribution in [0.25, 0.3) is 10.4 Å². The maximum absolute atomic E-state index is 8.34. The van der Waals surface area contributed by atoms with Gasteiger partial charge in [-0.2, -0.15) is 0 Å². The van der Waals surface area contributed by atoms with Crippen molar-refractivity contribution >= 4 is 11.6 Å². The Bertz CT molecular complexity index is 331. The largest absolute Gasteiger partial charge is 0.0859 e. The Morgan fingerprint density at radius 1 is 1.54 bits per heavy atom. The standard InChI is InChI=1S/C9H10ClN3/c1-2-9(12-13-11)7-5-3-4-6-8(7)10/h3-6,9H,2H2,1H3. The van der Waals surface area contributed by atoms with Gasteiger partial charge in [0.05, 0.1) is 6.04 Å². The van der Waals surface area contributed by atoms with E-state index in [0.29, 0.717) is 5.02 Å². The molecule has 68 valence electrons. The van der Waals surface area contributed by atoms with Crippen LogP contribution in [-0.2, 0) is 0 Å². The van der Waals surface area contributed by atoms with E-state index in [1.165, 1.54) is 0 Å². The highest BCUT2D eigenvalue weighted by Gasteiger charge is 2.09. The van der Waals surface area contributed by atoms with Crippen molar-refractivity contribution in [2.75, 3.05) is 0 Å². The first-order valence-corrected chi connectivity index (χ1v) is 4.46. The summed E-state index contributed by atoms with van der Waals surface area (Å²) < 4.78 is 0. The fourth-order valence-electron chi connectivity index (χ4n) is 1.17. The molecule has 0 saturated heterocycles. The summed E-state index contributed by atoms with van der Waals surface area (Å²) in [6.45, 7) is 1.96. The molecule has 0 saturated carbocycles. The van der Waals surface area contributed by atoms with Crippen molar-refractivity contribution in [3.05, 3.63) is 45.3 Å². The van der Waals surface area contributed by atoms with E-state index in [2.05, 4.69) is 10.0 Å². The van der Waals surface area contributed by atoms with E-state index in [1.807, 2.05) is 25.1 Å². The van der Waals surface area contributed by atoms with Crippen molar-refractivity contribution in [1.29, 1.82) is 0 Å². The zero-order valence-electron chi connectivity index (χ0n) is 7.31. The summed E-state index contributed by atoms with van der Waals surface area (Å²) in [6, 6.07) is 7.27. The average Bonchev–Trinajstić information content (AvgIpc) is 2.16. The van der Waals surface area contributed by atoms with Crippen molar-refractivity contribution in [3.63, 3.8) is 0 Å². The molecule has 0 fully saturated rings. The molecule has 0 aliphatic carbocycles. The Morgan fingerprint density at radius 3 is 2.77 bits per heavy atom. The van der Waals surface area contributed by atoms with Crippen molar-refractivity contribution in [1.82, 2.24) is 0 Å². The van der Waals surface area contributed by atoms with Gasteiger partial charge in [-0.05, 0) is 23.6 Å². The number of hydrogen-bond donors (Lipinski definition) is 0. The van der Waals surface area contributed by atoms with E-state index in [1.54, 1.807) is 6.07 Å². The fourth-order valence-corrected chi connectivity index (χ4v) is 1.43. The molecule has 0 aliphatic heterocycles. The van der Waals surface area contributed by atoms with Gasteiger partial charge in [-0.1, -0.05) is 41.8 Å². The first-order chi connectivity index (χ1) is 6.29. The highest BCUT2D eigenvalue weighted by atomic mass is 35.5. The van der Waals surface area contributed by atoms with Crippen LogP contribution >= 0.6 is 11.6 Å². The number of benzene rings is 1. The molecule has 0 bridgehead atoms. The van der Waals surface area contributed by atoms with E-state index in [-0.39, 0.29) is 6.04 Å². The maximum Gasteiger partial charge on any atom is 0.0637 e. The van der Waals surface area contributed by atoms with Gasteiger partial charge in [-0.3, -0.25) is 0 Å². The molecule has 0 aliphatic rings. The van der Waals surface area contributed by atoms with Crippen LogP contribution in [0.15, 0.2) is 29.4 Å². The predicted octanol–water partition coefficient (Wildman–Crippen LogP) is 4.10. The lowest BCUT2D eigenvalue weighted by atomic mass is 10.1. The minimum atomic E-state index is -0.154. The van der Waals surface area contributed by atoms with Crippen molar-refractivity contribution < 1.29 is 0 Å². The van der Waals surface area contributed by atoms with Crippen LogP contribution < -0.4 is 0 Å². The Kier molecular flexibility index (Phi) is 3.62. The molecule has 1 aromatic rings. The molecule has 3 nitrogen and oxygen atoms in total. The summed E-state index contributed by atoms with van der Waals surface area (Å²) >= 11 is 5.95. The normalized spacial score (nSPS) is 11.8. The lowest BCUT2D eigenvalue weighted by Gasteiger charge is -2.09. The summed E-state index contributed by atoms with van der Waals surface area (Å²) in [5.74, 6) is 0. The topological polar surface area (TPSA) is 48.8 Å². The molecule has 1 aromatic carbocycles. The van der Waals surface area contributed by atoms with Gasteiger partial charge in [0.25, 0.3) is 0 Å². The van der Waals surface area contributed by atoms with E-state index < -0.39 is 0 Å². The van der Waals surface area contributed by atoms with E-state index >= 15 is 0 Å². The van der Waals surface area contributed by atoms with E-state index in [9.17, 15) is 0 Å². The second-order valence-electron chi connectivity index (χ2n) is 2.65. The molecule has 1 unspecified atom stereocenters. The van der Waals surface area contributed by atoms with Crippen molar-refractivity contribution in [2.45, 2.75) is 19.4 Å². The monoisotopic (exact) mass is 195 g/mol. The minimum Gasteiger partial charge on any atom is -0.0859 e. The zero-order chi connectivity index (χ0) is 9.68. The van der Waals surface area contributed by atoms with Crippen LogP contribution in [0.5, 0.6) is 0 Å². The van der Waals surface area contributed by atoms with Crippen LogP contribution in [0, 0.1) is 0 Å². The molecular weight excluding hydrogens is 186 g/mol. The summed E-state index contributed by atoms with van der Waals surface area (Å²) in [6.07, 6.45) is 0.758. The van der Waals surface area contributed by atoms with Gasteiger partial charge >= 0.3 is 0 Å². The smallest absolute Gasteiger partial charge is 0.0637 e. The highest BCUT2D eigenvalue weighted by molar-refractivity contribution is 6.31. The number of azide groups is 1. The van der Waals surface area contributed by atoms with Gasteiger partial charge in [-0.15, -0.1) is 0 Å². The minimum absolute atomic E-state index is 0.154. The van der Waals surface area contributed by atoms with Crippen LogP contribution in [0.4, 0.5) is 0 Å². The summed E-state index contributed by atoms with van der Waals surface area (Å²) in [5.41, 5.74) is 9.23. The molecule has 1 rings (SSSR count). The van der Waals surface area contributed by atoms with Crippen molar-refractivity contribution in [3.8, 4) is 0 Å². The molecule has 4 heteroatoms. The van der Waals surface area contributed by atoms with Gasteiger partial charge in [0.2, 0.25) is 0 Å². The quantitative estimate of drug-likeness (QED) is 0.396. The SMILES string of the molecule is CCC(N=[N+]=[N-])c1ccccc1Cl. The lowest BCUT2D eigenvalue weighted by Crippen LogP contribution is -1.92. The highest BCUT2D eigenvalue weighted by Crippen LogP contribution is 2.27. The summed E-state index contributed by atoms with van der Waals surface area (Å²) in [5, 5.41) is 4.32. The predicted molar refractivity (Wildman–Crippen MR) is 53.6 cm³/mol. The van der Waals surface area contributed by atoms with E-state index in [0.717, 1.165) is 12.0 Å². The summed E-state index contributed by atoms with van der Waals surface area (Å²) in [7, 11) is 0. The summed E-state index contributed by atoms with van der Waals surface area (Å²) in [4.78, 5) is 2.79. The van der Waals surface area contributed by atoms with Crippen LogP contribution in [-0.4, -0.2) is 0 Å². The average molecular weight is 196 g/mol. The number of rotatable bonds is 3. The Hall–Kier alpha value is -1.18. The first-order valence-electron chi connectivity index (χ1n) is 4.08. The lowest BCUT2D eigenvalue weighted by molar-refractivity contribution is 0.693. The molecule has 0 radical (unpaired) electrons. The van der Waals surface area contributed by atoms with Crippen LogP contribution in [0.1, 0.15) is 24.9 Å². The van der Waals surface area contributed by atoms with Gasteiger partial charge in [-0.25, -0.2) is 0 Å². The molecule has 1 atom stereocenters. The molecule has 13 heavy (non-hydrogen) atoms. The van der Waals surface area contributed by atoms with Gasteiger partial charge in [0, 0.05) is 9.93 Å². The third kappa shape index (κ3) is 2.38. The Morgan fingerprint density at radius 2 is 2.23 bits per heavy atom. The number of hydrogen-bond acceptors (Lipinski definition) is 1. The number of halogens is 1. The van der Waals surface area contributed by atoms with Crippen molar-refractivity contribution in [2.24, 2.45) is 5.11 Å². The molecule has 0 N–H and O–H groups in total. The maximum atomic E-state index is 8.34. The van der Waals surface area contributed by atoms with Crippen LogP contribution in [0.2, 0.25) is 5.02 Å². The first kappa shape index (κ1) is 9.90. The molecule has 0 aromatic heterocycles. The fraction of sp³-hybridized carbons (Fsp3) is 0.333.